The lowest BCUT2D eigenvalue weighted by atomic mass is 10.0. The number of hydrogen-bond donors (Lipinski definition) is 4. The SMILES string of the molecule is CC1(C)OCc2cc([C@@H](O)CNCCCCCCOCCCCc3cccc(NC(=O)Nc4cc(C(F)(F)F)cc(C(F)(F)F)c4)c3)ccc2O1. The molecule has 0 bridgehead atoms. The predicted molar refractivity (Wildman–Crippen MR) is 182 cm³/mol. The minimum absolute atomic E-state index is 0.000845. The Morgan fingerprint density at radius 2 is 1.51 bits per heavy atom. The second kappa shape index (κ2) is 18.1. The summed E-state index contributed by atoms with van der Waals surface area (Å²) in [5.74, 6) is 0.129. The summed E-state index contributed by atoms with van der Waals surface area (Å²) in [5, 5.41) is 18.4. The maximum Gasteiger partial charge on any atom is 0.416 e. The predicted octanol–water partition coefficient (Wildman–Crippen LogP) is 9.24. The number of aliphatic hydroxyl groups is 1. The largest absolute Gasteiger partial charge is 0.463 e. The summed E-state index contributed by atoms with van der Waals surface area (Å²) in [4.78, 5) is 12.4. The van der Waals surface area contributed by atoms with Gasteiger partial charge < -0.3 is 35.3 Å². The zero-order valence-electron chi connectivity index (χ0n) is 28.7. The summed E-state index contributed by atoms with van der Waals surface area (Å²) in [6.07, 6.45) is -4.29. The lowest BCUT2D eigenvalue weighted by Crippen LogP contribution is -2.35. The van der Waals surface area contributed by atoms with E-state index in [9.17, 15) is 36.2 Å². The molecule has 14 heteroatoms. The Kier molecular flexibility index (Phi) is 14.1. The molecular weight excluding hydrogens is 680 g/mol. The smallest absolute Gasteiger partial charge is 0.416 e. The molecular formula is C37H45F6N3O5. The van der Waals surface area contributed by atoms with Gasteiger partial charge in [0.05, 0.1) is 23.8 Å². The normalized spacial score (nSPS) is 14.8. The second-order valence-corrected chi connectivity index (χ2v) is 12.9. The van der Waals surface area contributed by atoms with E-state index in [1.165, 1.54) is 0 Å². The number of carbonyl (C=O) groups is 1. The fraction of sp³-hybridized carbons (Fsp3) is 0.486. The van der Waals surface area contributed by atoms with Crippen LogP contribution < -0.4 is 20.7 Å². The number of nitrogens with one attached hydrogen (secondary N) is 3. The molecule has 8 nitrogen and oxygen atoms in total. The van der Waals surface area contributed by atoms with Gasteiger partial charge in [-0.25, -0.2) is 4.79 Å². The molecule has 1 heterocycles. The Morgan fingerprint density at radius 1 is 0.843 bits per heavy atom. The first-order valence-electron chi connectivity index (χ1n) is 17.0. The minimum Gasteiger partial charge on any atom is -0.463 e. The third kappa shape index (κ3) is 13.3. The topological polar surface area (TPSA) is 101 Å². The van der Waals surface area contributed by atoms with Gasteiger partial charge in [0.25, 0.3) is 0 Å². The quantitative estimate of drug-likeness (QED) is 0.0818. The van der Waals surface area contributed by atoms with Crippen molar-refractivity contribution < 1.29 is 50.5 Å². The molecule has 0 radical (unpaired) electrons. The van der Waals surface area contributed by atoms with Gasteiger partial charge in [-0.1, -0.05) is 31.0 Å². The third-order valence-electron chi connectivity index (χ3n) is 8.16. The van der Waals surface area contributed by atoms with Crippen molar-refractivity contribution in [1.29, 1.82) is 0 Å². The summed E-state index contributed by atoms with van der Waals surface area (Å²) in [6.45, 7) is 6.72. The van der Waals surface area contributed by atoms with Gasteiger partial charge in [0.2, 0.25) is 5.79 Å². The van der Waals surface area contributed by atoms with E-state index in [0.29, 0.717) is 50.6 Å². The first-order valence-corrected chi connectivity index (χ1v) is 17.0. The summed E-state index contributed by atoms with van der Waals surface area (Å²) in [6, 6.07) is 12.5. The molecule has 0 spiro atoms. The number of benzene rings is 3. The average molecular weight is 726 g/mol. The lowest BCUT2D eigenvalue weighted by molar-refractivity contribution is -0.180. The standard InChI is InChI=1S/C37H45F6N3O5/c1-35(2)50-24-27-19-26(13-14-33(27)51-35)32(47)23-44-15-6-3-4-7-16-49-17-8-5-10-25-11-9-12-30(18-25)45-34(48)46-31-21-28(36(38,39)40)20-29(22-31)37(41,42)43/h9,11-14,18-22,32,44,47H,3-8,10,15-17,23-24H2,1-2H3,(H2,45,46,48)/t32-/m0/s1. The van der Waals surface area contributed by atoms with Crippen LogP contribution >= 0.6 is 0 Å². The van der Waals surface area contributed by atoms with Crippen LogP contribution in [0, 0.1) is 0 Å². The van der Waals surface area contributed by atoms with Gasteiger partial charge in [-0.2, -0.15) is 26.3 Å². The van der Waals surface area contributed by atoms with E-state index in [1.54, 1.807) is 18.2 Å². The molecule has 0 saturated carbocycles. The third-order valence-corrected chi connectivity index (χ3v) is 8.16. The number of carbonyl (C=O) groups excluding carboxylic acids is 1. The van der Waals surface area contributed by atoms with Crippen LogP contribution in [-0.2, 0) is 34.9 Å². The molecule has 2 amide bonds. The van der Waals surface area contributed by atoms with Gasteiger partial charge in [-0.3, -0.25) is 0 Å². The highest BCUT2D eigenvalue weighted by molar-refractivity contribution is 5.99. The van der Waals surface area contributed by atoms with Crippen LogP contribution in [0.4, 0.5) is 42.5 Å². The summed E-state index contributed by atoms with van der Waals surface area (Å²) < 4.78 is 95.9. The number of rotatable bonds is 17. The average Bonchev–Trinajstić information content (AvgIpc) is 3.05. The maximum atomic E-state index is 13.1. The highest BCUT2D eigenvalue weighted by atomic mass is 19.4. The number of alkyl halides is 6. The van der Waals surface area contributed by atoms with Crippen LogP contribution in [0.3, 0.4) is 0 Å². The molecule has 0 fully saturated rings. The minimum atomic E-state index is -5.02. The number of amides is 2. The van der Waals surface area contributed by atoms with Crippen molar-refractivity contribution in [3.63, 3.8) is 0 Å². The molecule has 3 aromatic rings. The molecule has 4 N–H and O–H groups in total. The van der Waals surface area contributed by atoms with Gasteiger partial charge in [-0.15, -0.1) is 0 Å². The molecule has 1 aliphatic heterocycles. The van der Waals surface area contributed by atoms with Crippen LogP contribution in [0.1, 0.15) is 86.3 Å². The van der Waals surface area contributed by atoms with Crippen molar-refractivity contribution in [3.8, 4) is 5.75 Å². The Hall–Kier alpha value is -3.85. The van der Waals surface area contributed by atoms with Crippen LogP contribution in [0.2, 0.25) is 0 Å². The van der Waals surface area contributed by atoms with Gasteiger partial charge in [-0.05, 0) is 92.2 Å². The first-order chi connectivity index (χ1) is 24.1. The Morgan fingerprint density at radius 3 is 2.22 bits per heavy atom. The summed E-state index contributed by atoms with van der Waals surface area (Å²) >= 11 is 0. The fourth-order valence-corrected chi connectivity index (χ4v) is 5.49. The molecule has 4 rings (SSSR count). The zero-order valence-corrected chi connectivity index (χ0v) is 28.7. The number of urea groups is 1. The fourth-order valence-electron chi connectivity index (χ4n) is 5.49. The molecule has 51 heavy (non-hydrogen) atoms. The number of ether oxygens (including phenoxy) is 3. The van der Waals surface area contributed by atoms with Crippen molar-refractivity contribution >= 4 is 17.4 Å². The van der Waals surface area contributed by atoms with Crippen LogP contribution in [0.5, 0.6) is 5.75 Å². The number of fused-ring (bicyclic) bond motifs is 1. The molecule has 3 aromatic carbocycles. The molecule has 0 saturated heterocycles. The van der Waals surface area contributed by atoms with E-state index >= 15 is 0 Å². The van der Waals surface area contributed by atoms with E-state index in [1.807, 2.05) is 38.1 Å². The Balaban J connectivity index is 1.04. The van der Waals surface area contributed by atoms with E-state index in [-0.39, 0.29) is 6.07 Å². The highest BCUT2D eigenvalue weighted by Crippen LogP contribution is 2.38. The number of anilines is 2. The summed E-state index contributed by atoms with van der Waals surface area (Å²) in [7, 11) is 0. The molecule has 1 atom stereocenters. The van der Waals surface area contributed by atoms with Gasteiger partial charge in [0, 0.05) is 50.5 Å². The van der Waals surface area contributed by atoms with Gasteiger partial charge >= 0.3 is 18.4 Å². The monoisotopic (exact) mass is 725 g/mol. The number of unbranched alkanes of at least 4 members (excludes halogenated alkanes) is 4. The van der Waals surface area contributed by atoms with E-state index in [0.717, 1.165) is 67.5 Å². The first kappa shape index (κ1) is 39.9. The van der Waals surface area contributed by atoms with E-state index in [4.69, 9.17) is 14.2 Å². The van der Waals surface area contributed by atoms with Crippen molar-refractivity contribution in [3.05, 3.63) is 88.5 Å². The number of aliphatic hydroxyl groups excluding tert-OH is 1. The van der Waals surface area contributed by atoms with Gasteiger partial charge in [0.15, 0.2) is 0 Å². The zero-order chi connectivity index (χ0) is 37.1. The Labute approximate surface area is 293 Å². The van der Waals surface area contributed by atoms with Crippen LogP contribution in [-0.4, -0.2) is 43.2 Å². The summed E-state index contributed by atoms with van der Waals surface area (Å²) in [5.41, 5.74) is -0.661. The second-order valence-electron chi connectivity index (χ2n) is 12.9. The van der Waals surface area contributed by atoms with Crippen LogP contribution in [0.15, 0.2) is 60.7 Å². The van der Waals surface area contributed by atoms with Crippen molar-refractivity contribution in [2.75, 3.05) is 36.9 Å². The van der Waals surface area contributed by atoms with Crippen molar-refractivity contribution in [2.24, 2.45) is 0 Å². The van der Waals surface area contributed by atoms with Crippen molar-refractivity contribution in [2.45, 2.75) is 89.6 Å². The maximum absolute atomic E-state index is 13.1. The molecule has 0 aliphatic carbocycles. The molecule has 0 aromatic heterocycles. The van der Waals surface area contributed by atoms with Crippen molar-refractivity contribution in [1.82, 2.24) is 5.32 Å². The highest BCUT2D eigenvalue weighted by Gasteiger charge is 2.37. The molecule has 280 valence electrons. The molecule has 1 aliphatic rings. The van der Waals surface area contributed by atoms with Crippen LogP contribution in [0.25, 0.3) is 0 Å². The number of halogens is 6. The van der Waals surface area contributed by atoms with E-state index < -0.39 is 47.1 Å². The number of hydrogen-bond acceptors (Lipinski definition) is 6. The van der Waals surface area contributed by atoms with E-state index in [2.05, 4.69) is 16.0 Å². The van der Waals surface area contributed by atoms with Gasteiger partial charge in [0.1, 0.15) is 5.75 Å². The Bertz CT molecular complexity index is 1550. The molecule has 0 unspecified atom stereocenters. The lowest BCUT2D eigenvalue weighted by Gasteiger charge is -2.33. The number of aryl methyl sites for hydroxylation is 1.